The van der Waals surface area contributed by atoms with Crippen LogP contribution in [0, 0.1) is 11.3 Å². The molecule has 0 saturated heterocycles. The van der Waals surface area contributed by atoms with E-state index in [2.05, 4.69) is 79.1 Å². The summed E-state index contributed by atoms with van der Waals surface area (Å²) in [4.78, 5) is 18.3. The van der Waals surface area contributed by atoms with Gasteiger partial charge in [-0.25, -0.2) is 0 Å². The fourth-order valence-corrected chi connectivity index (χ4v) is 7.69. The molecule has 0 amide bonds. The van der Waals surface area contributed by atoms with Crippen molar-refractivity contribution >= 4 is 43.7 Å². The number of hydrogen-bond donors (Lipinski definition) is 0. The van der Waals surface area contributed by atoms with Gasteiger partial charge in [0, 0.05) is 122 Å². The molecule has 7 nitrogen and oxygen atoms in total. The van der Waals surface area contributed by atoms with Gasteiger partial charge in [0.2, 0.25) is 0 Å². The second-order valence-corrected chi connectivity index (χ2v) is 12.6. The SMILES string of the molecule is N#Cc1c(-c2cccnc2)c(-c2cccnc2)c(-c2cccnc2)c(-c2cccnc2)c1-n1c2ccccc2c2cc3c(cc21)oc1ccccc13. The zero-order chi connectivity index (χ0) is 34.6. The van der Waals surface area contributed by atoms with Crippen LogP contribution in [0.1, 0.15) is 5.56 Å². The van der Waals surface area contributed by atoms with E-state index in [9.17, 15) is 5.26 Å². The summed E-state index contributed by atoms with van der Waals surface area (Å²) in [5.74, 6) is 0. The molecular formula is C45H26N6O. The van der Waals surface area contributed by atoms with Crippen LogP contribution in [0.3, 0.4) is 0 Å². The van der Waals surface area contributed by atoms with E-state index in [0.717, 1.165) is 93.9 Å². The highest BCUT2D eigenvalue weighted by molar-refractivity contribution is 6.18. The van der Waals surface area contributed by atoms with Crippen LogP contribution in [0.2, 0.25) is 0 Å². The molecule has 0 unspecified atom stereocenters. The fraction of sp³-hybridized carbons (Fsp3) is 0. The summed E-state index contributed by atoms with van der Waals surface area (Å²) in [7, 11) is 0. The van der Waals surface area contributed by atoms with Crippen molar-refractivity contribution < 1.29 is 4.42 Å². The van der Waals surface area contributed by atoms with Gasteiger partial charge < -0.3 is 8.98 Å². The van der Waals surface area contributed by atoms with Crippen LogP contribution < -0.4 is 0 Å². The first-order valence-electron chi connectivity index (χ1n) is 16.9. The number of nitriles is 1. The van der Waals surface area contributed by atoms with Gasteiger partial charge in [-0.3, -0.25) is 19.9 Å². The number of benzene rings is 4. The van der Waals surface area contributed by atoms with E-state index < -0.39 is 0 Å². The molecule has 0 atom stereocenters. The maximum atomic E-state index is 11.5. The van der Waals surface area contributed by atoms with Gasteiger partial charge in [-0.2, -0.15) is 5.26 Å². The lowest BCUT2D eigenvalue weighted by Gasteiger charge is -2.26. The Bertz CT molecular complexity index is 3000. The molecular weight excluding hydrogens is 641 g/mol. The standard InChI is InChI=1S/C45H26N6O/c46-23-36-41(28-9-5-17-47-24-28)42(29-10-6-18-48-25-29)43(30-11-7-19-49-26-30)44(31-12-8-20-50-27-31)45(36)51-37-15-3-1-13-32(37)34-21-35-33-14-2-4-16-39(33)52-40(35)22-38(34)51/h1-22,24-27H. The molecule has 0 saturated carbocycles. The van der Waals surface area contributed by atoms with Gasteiger partial charge in [-0.05, 0) is 42.5 Å². The number of para-hydroxylation sites is 2. The van der Waals surface area contributed by atoms with E-state index in [-0.39, 0.29) is 0 Å². The van der Waals surface area contributed by atoms with E-state index >= 15 is 0 Å². The molecule has 0 fully saturated rings. The number of furan rings is 1. The maximum absolute atomic E-state index is 11.5. The first-order valence-corrected chi connectivity index (χ1v) is 16.9. The highest BCUT2D eigenvalue weighted by atomic mass is 16.3. The van der Waals surface area contributed by atoms with Crippen molar-refractivity contribution in [3.8, 4) is 56.3 Å². The minimum Gasteiger partial charge on any atom is -0.456 e. The van der Waals surface area contributed by atoms with Crippen LogP contribution in [0.5, 0.6) is 0 Å². The third-order valence-electron chi connectivity index (χ3n) is 9.78. The van der Waals surface area contributed by atoms with Gasteiger partial charge in [0.25, 0.3) is 0 Å². The summed E-state index contributed by atoms with van der Waals surface area (Å²) in [6, 6.07) is 39.4. The molecule has 0 aliphatic rings. The highest BCUT2D eigenvalue weighted by Gasteiger charge is 2.31. The third-order valence-corrected chi connectivity index (χ3v) is 9.78. The number of aromatic nitrogens is 5. The zero-order valence-electron chi connectivity index (χ0n) is 27.6. The van der Waals surface area contributed by atoms with Crippen LogP contribution >= 0.6 is 0 Å². The van der Waals surface area contributed by atoms with Gasteiger partial charge in [0.15, 0.2) is 0 Å². The Labute approximate surface area is 297 Å². The predicted octanol–water partition coefficient (Wildman–Crippen LogP) is 10.8. The van der Waals surface area contributed by atoms with E-state index in [0.29, 0.717) is 5.56 Å². The Hall–Kier alpha value is -7.43. The molecule has 10 rings (SSSR count). The average Bonchev–Trinajstić information content (AvgIpc) is 3.74. The third kappa shape index (κ3) is 4.45. The molecule has 6 heterocycles. The molecule has 0 aliphatic carbocycles. The van der Waals surface area contributed by atoms with E-state index in [1.165, 1.54) is 0 Å². The lowest BCUT2D eigenvalue weighted by Crippen LogP contribution is -2.07. The quantitative estimate of drug-likeness (QED) is 0.181. The number of hydrogen-bond acceptors (Lipinski definition) is 6. The lowest BCUT2D eigenvalue weighted by atomic mass is 9.80. The minimum absolute atomic E-state index is 0.491. The van der Waals surface area contributed by atoms with Crippen LogP contribution in [0.4, 0.5) is 0 Å². The van der Waals surface area contributed by atoms with Crippen LogP contribution in [0.25, 0.3) is 93.9 Å². The minimum atomic E-state index is 0.491. The number of pyridine rings is 4. The molecule has 7 heteroatoms. The summed E-state index contributed by atoms with van der Waals surface area (Å²) in [6.45, 7) is 0. The van der Waals surface area contributed by atoms with E-state index in [4.69, 9.17) is 4.42 Å². The van der Waals surface area contributed by atoms with E-state index in [1.54, 1.807) is 24.8 Å². The van der Waals surface area contributed by atoms with Gasteiger partial charge in [0.1, 0.15) is 17.2 Å². The Morgan fingerprint density at radius 2 is 1.00 bits per heavy atom. The van der Waals surface area contributed by atoms with Crippen molar-refractivity contribution in [3.63, 3.8) is 0 Å². The molecule has 6 aromatic heterocycles. The smallest absolute Gasteiger partial charge is 0.137 e. The van der Waals surface area contributed by atoms with Gasteiger partial charge in [-0.15, -0.1) is 0 Å². The highest BCUT2D eigenvalue weighted by Crippen LogP contribution is 2.52. The van der Waals surface area contributed by atoms with Gasteiger partial charge in [0.05, 0.1) is 22.3 Å². The average molecular weight is 667 g/mol. The van der Waals surface area contributed by atoms with Crippen molar-refractivity contribution in [2.24, 2.45) is 0 Å². The van der Waals surface area contributed by atoms with Crippen LogP contribution in [0.15, 0.2) is 163 Å². The lowest BCUT2D eigenvalue weighted by molar-refractivity contribution is 0.669. The summed E-state index contributed by atoms with van der Waals surface area (Å²) in [6.07, 6.45) is 14.5. The largest absolute Gasteiger partial charge is 0.456 e. The summed E-state index contributed by atoms with van der Waals surface area (Å²) >= 11 is 0. The number of rotatable bonds is 5. The second-order valence-electron chi connectivity index (χ2n) is 12.6. The normalized spacial score (nSPS) is 11.4. The van der Waals surface area contributed by atoms with E-state index in [1.807, 2.05) is 85.5 Å². The fourth-order valence-electron chi connectivity index (χ4n) is 7.69. The van der Waals surface area contributed by atoms with Crippen LogP contribution in [-0.2, 0) is 0 Å². The molecule has 0 N–H and O–H groups in total. The first-order chi connectivity index (χ1) is 25.8. The second kappa shape index (κ2) is 11.9. The van der Waals surface area contributed by atoms with Crippen molar-refractivity contribution in [2.45, 2.75) is 0 Å². The molecule has 52 heavy (non-hydrogen) atoms. The Morgan fingerprint density at radius 3 is 1.60 bits per heavy atom. The Kier molecular flexibility index (Phi) is 6.73. The summed E-state index contributed by atoms with van der Waals surface area (Å²) < 4.78 is 8.70. The van der Waals surface area contributed by atoms with Crippen molar-refractivity contribution in [3.05, 3.63) is 164 Å². The maximum Gasteiger partial charge on any atom is 0.137 e. The topological polar surface area (TPSA) is 93.4 Å². The zero-order valence-corrected chi connectivity index (χ0v) is 27.6. The Balaban J connectivity index is 1.49. The van der Waals surface area contributed by atoms with Crippen molar-refractivity contribution in [1.29, 1.82) is 5.26 Å². The summed E-state index contributed by atoms with van der Waals surface area (Å²) in [5.41, 5.74) is 11.4. The van der Waals surface area contributed by atoms with Crippen LogP contribution in [-0.4, -0.2) is 24.5 Å². The molecule has 0 spiro atoms. The number of fused-ring (bicyclic) bond motifs is 6. The first kappa shape index (κ1) is 29.5. The summed E-state index contributed by atoms with van der Waals surface area (Å²) in [5, 5.41) is 15.7. The van der Waals surface area contributed by atoms with Gasteiger partial charge >= 0.3 is 0 Å². The molecule has 10 aromatic rings. The van der Waals surface area contributed by atoms with Gasteiger partial charge in [-0.1, -0.05) is 60.7 Å². The molecule has 242 valence electrons. The Morgan fingerprint density at radius 1 is 0.462 bits per heavy atom. The molecule has 0 bridgehead atoms. The van der Waals surface area contributed by atoms with Crippen molar-refractivity contribution in [1.82, 2.24) is 24.5 Å². The number of nitrogens with zero attached hydrogens (tertiary/aromatic N) is 6. The molecule has 4 aromatic carbocycles. The van der Waals surface area contributed by atoms with Crippen molar-refractivity contribution in [2.75, 3.05) is 0 Å². The molecule has 0 aliphatic heterocycles. The molecule has 0 radical (unpaired) electrons. The monoisotopic (exact) mass is 666 g/mol. The predicted molar refractivity (Wildman–Crippen MR) is 206 cm³/mol.